The van der Waals surface area contributed by atoms with Crippen LogP contribution in [-0.2, 0) is 0 Å². The molecule has 1 fully saturated rings. The normalized spacial score (nSPS) is 15.5. The molecular weight excluding hydrogens is 422 g/mol. The van der Waals surface area contributed by atoms with Gasteiger partial charge in [-0.1, -0.05) is 6.07 Å². The van der Waals surface area contributed by atoms with Crippen molar-refractivity contribution in [3.63, 3.8) is 0 Å². The molecule has 6 nitrogen and oxygen atoms in total. The van der Waals surface area contributed by atoms with Crippen molar-refractivity contribution in [2.75, 3.05) is 44.2 Å². The number of nitrogens with one attached hydrogen (secondary N) is 1. The third kappa shape index (κ3) is 4.50. The quantitative estimate of drug-likeness (QED) is 0.335. The molecule has 0 aliphatic carbocycles. The van der Waals surface area contributed by atoms with Crippen LogP contribution < -0.4 is 15.2 Å². The zero-order chi connectivity index (χ0) is 21.9. The summed E-state index contributed by atoms with van der Waals surface area (Å²) >= 11 is 0. The maximum Gasteiger partial charge on any atom is 0.248 e. The van der Waals surface area contributed by atoms with E-state index in [2.05, 4.69) is 20.9 Å². The monoisotopic (exact) mass is 449 g/mol. The maximum atomic E-state index is 12.1. The molecule has 32 heavy (non-hydrogen) atoms. The van der Waals surface area contributed by atoms with Gasteiger partial charge in [0.15, 0.2) is 4.70 Å². The van der Waals surface area contributed by atoms with Gasteiger partial charge in [0.25, 0.3) is 0 Å². The van der Waals surface area contributed by atoms with E-state index >= 15 is 0 Å². The number of hydrogen-bond acceptors (Lipinski definition) is 5. The molecule has 0 bridgehead atoms. The van der Waals surface area contributed by atoms with E-state index in [1.165, 1.54) is 11.8 Å². The Morgan fingerprint density at radius 2 is 1.84 bits per heavy atom. The lowest BCUT2D eigenvalue weighted by Crippen LogP contribution is -2.46. The van der Waals surface area contributed by atoms with Crippen molar-refractivity contribution < 1.29 is 9.29 Å². The lowest BCUT2D eigenvalue weighted by atomic mass is 10.2. The molecule has 5 rings (SSSR count). The average Bonchev–Trinajstić information content (AvgIpc) is 3.20. The fourth-order valence-corrected chi connectivity index (χ4v) is 5.42. The molecule has 1 unspecified atom stereocenters. The minimum atomic E-state index is -0.993. The number of aromatic amines is 1. The van der Waals surface area contributed by atoms with Gasteiger partial charge in [-0.15, -0.1) is 0 Å². The molecule has 2 aromatic heterocycles. The van der Waals surface area contributed by atoms with Gasteiger partial charge in [-0.2, -0.15) is 0 Å². The number of ether oxygens (including phenoxy) is 1. The van der Waals surface area contributed by atoms with Crippen LogP contribution in [0.5, 0.6) is 5.75 Å². The van der Waals surface area contributed by atoms with E-state index in [9.17, 15) is 9.35 Å². The predicted molar refractivity (Wildman–Crippen MR) is 131 cm³/mol. The van der Waals surface area contributed by atoms with Crippen molar-refractivity contribution in [1.82, 2.24) is 9.88 Å². The second kappa shape index (κ2) is 9.32. The summed E-state index contributed by atoms with van der Waals surface area (Å²) in [5, 5.41) is 3.90. The van der Waals surface area contributed by atoms with Gasteiger partial charge in [-0.3, -0.25) is 9.69 Å². The highest BCUT2D eigenvalue weighted by molar-refractivity contribution is 7.30. The van der Waals surface area contributed by atoms with E-state index in [0.717, 1.165) is 72.3 Å². The molecule has 1 N–H and O–H groups in total. The van der Waals surface area contributed by atoms with Gasteiger partial charge in [-0.25, -0.2) is 0 Å². The molecular formula is C25H27N3O3S. The van der Waals surface area contributed by atoms with E-state index < -0.39 is 10.8 Å². The number of anilines is 1. The highest BCUT2D eigenvalue weighted by Crippen LogP contribution is 2.35. The number of fused-ring (bicyclic) bond motifs is 2. The summed E-state index contributed by atoms with van der Waals surface area (Å²) in [5.41, 5.74) is 1.91. The molecule has 1 aliphatic rings. The van der Waals surface area contributed by atoms with Crippen LogP contribution in [0.15, 0.2) is 64.8 Å². The molecule has 2 aromatic carbocycles. The lowest BCUT2D eigenvalue weighted by Gasteiger charge is -2.36. The van der Waals surface area contributed by atoms with Crippen LogP contribution >= 0.6 is 10.8 Å². The van der Waals surface area contributed by atoms with Crippen LogP contribution in [-0.4, -0.2) is 53.8 Å². The Balaban J connectivity index is 1.06. The molecule has 0 amide bonds. The van der Waals surface area contributed by atoms with Crippen LogP contribution in [0.1, 0.15) is 12.8 Å². The number of rotatable bonds is 7. The fourth-order valence-electron chi connectivity index (χ4n) is 4.41. The van der Waals surface area contributed by atoms with Gasteiger partial charge >= 0.3 is 0 Å². The van der Waals surface area contributed by atoms with Crippen LogP contribution in [0.2, 0.25) is 0 Å². The summed E-state index contributed by atoms with van der Waals surface area (Å²) in [5.74, 6) is 0.790. The number of hydrogen-bond donors (Lipinski definition) is 1. The van der Waals surface area contributed by atoms with Gasteiger partial charge in [0.05, 0.1) is 17.5 Å². The molecule has 3 heterocycles. The topological polar surface area (TPSA) is 71.6 Å². The lowest BCUT2D eigenvalue weighted by molar-refractivity contribution is 0.239. The molecule has 4 aromatic rings. The number of nitrogens with zero attached hydrogens (tertiary/aromatic N) is 2. The molecule has 0 saturated carbocycles. The van der Waals surface area contributed by atoms with E-state index in [1.807, 2.05) is 42.5 Å². The summed E-state index contributed by atoms with van der Waals surface area (Å²) in [6.45, 7) is 5.79. The number of aromatic nitrogens is 1. The van der Waals surface area contributed by atoms with Crippen LogP contribution in [0, 0.1) is 0 Å². The van der Waals surface area contributed by atoms with Crippen molar-refractivity contribution in [1.29, 1.82) is 0 Å². The summed E-state index contributed by atoms with van der Waals surface area (Å²) in [7, 11) is -0.993. The summed E-state index contributed by atoms with van der Waals surface area (Å²) in [4.78, 5) is 19.2. The predicted octanol–water partition coefficient (Wildman–Crippen LogP) is 4.39. The first-order valence-corrected chi connectivity index (χ1v) is 12.3. The second-order valence-electron chi connectivity index (χ2n) is 8.25. The second-order valence-corrected chi connectivity index (χ2v) is 9.55. The maximum absolute atomic E-state index is 12.1. The molecule has 1 saturated heterocycles. The first-order chi connectivity index (χ1) is 15.7. The minimum Gasteiger partial charge on any atom is -0.590 e. The van der Waals surface area contributed by atoms with Gasteiger partial charge in [0.2, 0.25) is 5.56 Å². The van der Waals surface area contributed by atoms with Crippen LogP contribution in [0.25, 0.3) is 21.0 Å². The summed E-state index contributed by atoms with van der Waals surface area (Å²) in [6, 6.07) is 17.3. The first-order valence-electron chi connectivity index (χ1n) is 11.1. The number of H-pyrrole nitrogens is 1. The number of unbranched alkanes of at least 4 members (excludes halogenated alkanes) is 1. The zero-order valence-corrected chi connectivity index (χ0v) is 18.8. The smallest absolute Gasteiger partial charge is 0.248 e. The van der Waals surface area contributed by atoms with Crippen molar-refractivity contribution in [3.8, 4) is 5.75 Å². The Labute approximate surface area is 189 Å². The Morgan fingerprint density at radius 3 is 2.72 bits per heavy atom. The molecule has 7 heteroatoms. The van der Waals surface area contributed by atoms with E-state index in [0.29, 0.717) is 6.61 Å². The van der Waals surface area contributed by atoms with Crippen molar-refractivity contribution in [2.45, 2.75) is 12.8 Å². The van der Waals surface area contributed by atoms with Crippen LogP contribution in [0.4, 0.5) is 5.69 Å². The van der Waals surface area contributed by atoms with E-state index in [4.69, 9.17) is 4.74 Å². The molecule has 0 radical (unpaired) electrons. The van der Waals surface area contributed by atoms with Crippen LogP contribution in [0.3, 0.4) is 0 Å². The standard InChI is InChI=1S/C25H27N3O3S/c29-25-9-7-19-6-8-20(18-22(19)26-25)31-16-2-1-11-27-12-14-28(15-13-27)23-4-3-5-24-21(23)10-17-32(24)30/h3-10,17-18H,1-2,11-16H2,(H,26,29). The van der Waals surface area contributed by atoms with Gasteiger partial charge in [0, 0.05) is 50.1 Å². The molecule has 1 atom stereocenters. The summed E-state index contributed by atoms with van der Waals surface area (Å²) in [6.07, 6.45) is 2.08. The van der Waals surface area contributed by atoms with Gasteiger partial charge in [-0.05, 0) is 65.9 Å². The zero-order valence-electron chi connectivity index (χ0n) is 18.0. The van der Waals surface area contributed by atoms with E-state index in [1.54, 1.807) is 5.38 Å². The summed E-state index contributed by atoms with van der Waals surface area (Å²) < 4.78 is 18.9. The number of piperazine rings is 1. The Hall–Kier alpha value is -2.87. The van der Waals surface area contributed by atoms with E-state index in [-0.39, 0.29) is 5.56 Å². The Bertz CT molecular complexity index is 1270. The SMILES string of the molecule is O=c1ccc2ccc(OCCCCN3CCN(c4cccc5c4cc[s+]5[O-])CC3)cc2[nH]1. The highest BCUT2D eigenvalue weighted by Gasteiger charge is 2.20. The van der Waals surface area contributed by atoms with Crippen molar-refractivity contribution in [3.05, 3.63) is 70.3 Å². The third-order valence-electron chi connectivity index (χ3n) is 6.17. The third-order valence-corrected chi connectivity index (χ3v) is 7.34. The first kappa shape index (κ1) is 21.0. The van der Waals surface area contributed by atoms with Crippen molar-refractivity contribution >= 4 is 37.4 Å². The van der Waals surface area contributed by atoms with Gasteiger partial charge in [0.1, 0.15) is 11.1 Å². The van der Waals surface area contributed by atoms with Gasteiger partial charge < -0.3 is 19.2 Å². The van der Waals surface area contributed by atoms with Crippen molar-refractivity contribution in [2.24, 2.45) is 0 Å². The highest BCUT2D eigenvalue weighted by atomic mass is 32.2. The minimum absolute atomic E-state index is 0.0992. The Kier molecular flexibility index (Phi) is 6.12. The molecule has 166 valence electrons. The number of benzene rings is 2. The number of thiophene rings is 1. The Morgan fingerprint density at radius 1 is 1.00 bits per heavy atom. The number of pyridine rings is 1. The molecule has 0 spiro atoms. The molecule has 1 aliphatic heterocycles. The largest absolute Gasteiger partial charge is 0.590 e. The fraction of sp³-hybridized carbons (Fsp3) is 0.320. The average molecular weight is 450 g/mol.